The van der Waals surface area contributed by atoms with E-state index in [1.165, 1.54) is 5.56 Å². The first-order chi connectivity index (χ1) is 13.9. The van der Waals surface area contributed by atoms with Gasteiger partial charge in [-0.2, -0.15) is 9.61 Å². The number of anilines is 1. The van der Waals surface area contributed by atoms with E-state index in [4.69, 9.17) is 4.98 Å². The molecule has 1 aliphatic rings. The molecule has 7 heteroatoms. The molecule has 3 N–H and O–H groups in total. The highest BCUT2D eigenvalue weighted by Gasteiger charge is 2.28. The van der Waals surface area contributed by atoms with Gasteiger partial charge in [-0.25, -0.2) is 10.4 Å². The van der Waals surface area contributed by atoms with Crippen LogP contribution in [0.15, 0.2) is 73.2 Å². The summed E-state index contributed by atoms with van der Waals surface area (Å²) in [4.78, 5) is 8.81. The lowest BCUT2D eigenvalue weighted by molar-refractivity contribution is 0.492. The normalized spacial score (nSPS) is 19.1. The summed E-state index contributed by atoms with van der Waals surface area (Å²) < 4.78 is 1.85. The SMILES string of the molecule is c1ccc(C2NNCC2CNc2cc(-c3ccncc3)nc3ccnn23)cc1. The van der Waals surface area contributed by atoms with Crippen molar-refractivity contribution < 1.29 is 0 Å². The Labute approximate surface area is 162 Å². The smallest absolute Gasteiger partial charge is 0.157 e. The van der Waals surface area contributed by atoms with Gasteiger partial charge in [-0.05, 0) is 17.7 Å². The molecule has 140 valence electrons. The average molecular weight is 371 g/mol. The minimum absolute atomic E-state index is 0.267. The van der Waals surface area contributed by atoms with E-state index in [9.17, 15) is 0 Å². The quantitative estimate of drug-likeness (QED) is 0.501. The minimum Gasteiger partial charge on any atom is -0.369 e. The van der Waals surface area contributed by atoms with Crippen LogP contribution < -0.4 is 16.2 Å². The average Bonchev–Trinajstić information content (AvgIpc) is 3.42. The van der Waals surface area contributed by atoms with Gasteiger partial charge in [0.05, 0.1) is 17.9 Å². The van der Waals surface area contributed by atoms with E-state index in [2.05, 4.69) is 50.5 Å². The van der Waals surface area contributed by atoms with Crippen LogP contribution in [0.4, 0.5) is 5.82 Å². The highest BCUT2D eigenvalue weighted by atomic mass is 15.4. The van der Waals surface area contributed by atoms with E-state index >= 15 is 0 Å². The van der Waals surface area contributed by atoms with Crippen molar-refractivity contribution >= 4 is 11.5 Å². The fourth-order valence-electron chi connectivity index (χ4n) is 3.69. The Kier molecular flexibility index (Phi) is 4.44. The van der Waals surface area contributed by atoms with E-state index in [1.54, 1.807) is 18.6 Å². The number of nitrogens with one attached hydrogen (secondary N) is 3. The van der Waals surface area contributed by atoms with Gasteiger partial charge >= 0.3 is 0 Å². The Morgan fingerprint density at radius 3 is 2.75 bits per heavy atom. The second-order valence-electron chi connectivity index (χ2n) is 6.92. The highest BCUT2D eigenvalue weighted by molar-refractivity contribution is 5.65. The van der Waals surface area contributed by atoms with Crippen LogP contribution in [-0.2, 0) is 0 Å². The fraction of sp³-hybridized carbons (Fsp3) is 0.190. The summed E-state index contributed by atoms with van der Waals surface area (Å²) in [5.74, 6) is 1.34. The van der Waals surface area contributed by atoms with Gasteiger partial charge in [-0.3, -0.25) is 10.4 Å². The number of hydrogen-bond acceptors (Lipinski definition) is 6. The Hall–Kier alpha value is -3.29. The minimum atomic E-state index is 0.267. The van der Waals surface area contributed by atoms with E-state index in [0.717, 1.165) is 35.8 Å². The Bertz CT molecular complexity index is 1060. The Balaban J connectivity index is 1.41. The number of rotatable bonds is 5. The third kappa shape index (κ3) is 3.21. The molecule has 3 aromatic heterocycles. The number of nitrogens with zero attached hydrogens (tertiary/aromatic N) is 4. The van der Waals surface area contributed by atoms with Crippen LogP contribution >= 0.6 is 0 Å². The van der Waals surface area contributed by atoms with Crippen LogP contribution in [0.3, 0.4) is 0 Å². The topological polar surface area (TPSA) is 79.2 Å². The number of aromatic nitrogens is 4. The monoisotopic (exact) mass is 371 g/mol. The van der Waals surface area contributed by atoms with E-state index < -0.39 is 0 Å². The molecule has 0 radical (unpaired) electrons. The molecule has 1 saturated heterocycles. The molecular formula is C21H21N7. The Morgan fingerprint density at radius 2 is 1.89 bits per heavy atom. The summed E-state index contributed by atoms with van der Waals surface area (Å²) in [7, 11) is 0. The van der Waals surface area contributed by atoms with Gasteiger partial charge in [0.25, 0.3) is 0 Å². The van der Waals surface area contributed by atoms with Crippen molar-refractivity contribution in [2.45, 2.75) is 6.04 Å². The van der Waals surface area contributed by atoms with Gasteiger partial charge in [-0.1, -0.05) is 30.3 Å². The summed E-state index contributed by atoms with van der Waals surface area (Å²) in [5.41, 5.74) is 10.7. The van der Waals surface area contributed by atoms with E-state index in [0.29, 0.717) is 5.92 Å². The van der Waals surface area contributed by atoms with Crippen LogP contribution in [0.1, 0.15) is 11.6 Å². The second-order valence-corrected chi connectivity index (χ2v) is 6.92. The molecule has 5 rings (SSSR count). The van der Waals surface area contributed by atoms with E-state index in [1.807, 2.05) is 34.8 Å². The molecular weight excluding hydrogens is 350 g/mol. The van der Waals surface area contributed by atoms with Crippen LogP contribution in [0.5, 0.6) is 0 Å². The molecule has 0 bridgehead atoms. The summed E-state index contributed by atoms with van der Waals surface area (Å²) in [6.45, 7) is 1.71. The molecule has 1 aromatic carbocycles. The van der Waals surface area contributed by atoms with Gasteiger partial charge in [-0.15, -0.1) is 0 Å². The first-order valence-electron chi connectivity index (χ1n) is 9.41. The molecule has 1 fully saturated rings. The van der Waals surface area contributed by atoms with Crippen molar-refractivity contribution in [3.05, 3.63) is 78.8 Å². The van der Waals surface area contributed by atoms with Gasteiger partial charge in [0.2, 0.25) is 0 Å². The molecule has 0 spiro atoms. The van der Waals surface area contributed by atoms with Crippen LogP contribution in [-0.4, -0.2) is 32.7 Å². The summed E-state index contributed by atoms with van der Waals surface area (Å²) in [5, 5.41) is 8.01. The maximum absolute atomic E-state index is 4.72. The molecule has 28 heavy (non-hydrogen) atoms. The predicted molar refractivity (Wildman–Crippen MR) is 109 cm³/mol. The molecule has 0 amide bonds. The number of benzene rings is 1. The zero-order valence-corrected chi connectivity index (χ0v) is 15.3. The van der Waals surface area contributed by atoms with E-state index in [-0.39, 0.29) is 6.04 Å². The molecule has 0 saturated carbocycles. The molecule has 2 unspecified atom stereocenters. The summed E-state index contributed by atoms with van der Waals surface area (Å²) >= 11 is 0. The largest absolute Gasteiger partial charge is 0.369 e. The standard InChI is InChI=1S/C21H21N7/c1-2-4-16(5-3-1)21-17(14-24-27-21)13-23-20-12-18(15-6-9-22-10-7-15)26-19-8-11-25-28(19)20/h1-12,17,21,23-24,27H,13-14H2. The fourth-order valence-corrected chi connectivity index (χ4v) is 3.69. The lowest BCUT2D eigenvalue weighted by atomic mass is 9.95. The summed E-state index contributed by atoms with van der Waals surface area (Å²) in [6.07, 6.45) is 5.34. The van der Waals surface area contributed by atoms with Crippen molar-refractivity contribution in [1.29, 1.82) is 0 Å². The third-order valence-electron chi connectivity index (χ3n) is 5.13. The zero-order chi connectivity index (χ0) is 18.8. The van der Waals surface area contributed by atoms with Crippen molar-refractivity contribution in [2.24, 2.45) is 5.92 Å². The molecule has 2 atom stereocenters. The van der Waals surface area contributed by atoms with Crippen LogP contribution in [0, 0.1) is 5.92 Å². The van der Waals surface area contributed by atoms with Crippen molar-refractivity contribution in [3.8, 4) is 11.3 Å². The number of pyridine rings is 1. The van der Waals surface area contributed by atoms with Crippen LogP contribution in [0.2, 0.25) is 0 Å². The van der Waals surface area contributed by atoms with Gasteiger partial charge in [0.1, 0.15) is 5.82 Å². The Morgan fingerprint density at radius 1 is 1.04 bits per heavy atom. The molecule has 4 aromatic rings. The first kappa shape index (κ1) is 16.9. The van der Waals surface area contributed by atoms with Gasteiger partial charge in [0.15, 0.2) is 5.65 Å². The first-order valence-corrected chi connectivity index (χ1v) is 9.41. The second kappa shape index (κ2) is 7.38. The lowest BCUT2D eigenvalue weighted by Gasteiger charge is -2.20. The number of hydrogen-bond donors (Lipinski definition) is 3. The van der Waals surface area contributed by atoms with Crippen molar-refractivity contribution in [3.63, 3.8) is 0 Å². The maximum atomic E-state index is 4.72. The third-order valence-corrected chi connectivity index (χ3v) is 5.13. The van der Waals surface area contributed by atoms with Crippen LogP contribution in [0.25, 0.3) is 16.9 Å². The van der Waals surface area contributed by atoms with Gasteiger partial charge < -0.3 is 5.32 Å². The molecule has 0 aliphatic carbocycles. The van der Waals surface area contributed by atoms with Crippen molar-refractivity contribution in [2.75, 3.05) is 18.4 Å². The molecule has 7 nitrogen and oxygen atoms in total. The predicted octanol–water partition coefficient (Wildman–Crippen LogP) is 2.67. The maximum Gasteiger partial charge on any atom is 0.157 e. The lowest BCUT2D eigenvalue weighted by Crippen LogP contribution is -2.26. The number of fused-ring (bicyclic) bond motifs is 1. The van der Waals surface area contributed by atoms with Gasteiger partial charge in [0, 0.05) is 49.1 Å². The summed E-state index contributed by atoms with van der Waals surface area (Å²) in [6, 6.07) is 18.7. The molecule has 4 heterocycles. The highest BCUT2D eigenvalue weighted by Crippen LogP contribution is 2.26. The van der Waals surface area contributed by atoms with Crippen molar-refractivity contribution in [1.82, 2.24) is 30.4 Å². The zero-order valence-electron chi connectivity index (χ0n) is 15.3. The number of hydrazine groups is 1. The molecule has 1 aliphatic heterocycles.